The standard InChI is InChI=1S/C10H8N2O3/c11-5-7(10(12)15)1-6-2-8(13)4-9(14)3-6/h1-4,13-14H,(H2,12,15)/b7-1+. The van der Waals surface area contributed by atoms with E-state index >= 15 is 0 Å². The van der Waals surface area contributed by atoms with Crippen molar-refractivity contribution in [3.63, 3.8) is 0 Å². The summed E-state index contributed by atoms with van der Waals surface area (Å²) in [5.41, 5.74) is 4.99. The molecule has 4 N–H and O–H groups in total. The minimum absolute atomic E-state index is 0.164. The minimum atomic E-state index is -0.861. The van der Waals surface area contributed by atoms with Crippen molar-refractivity contribution in [2.24, 2.45) is 5.73 Å². The van der Waals surface area contributed by atoms with Gasteiger partial charge in [0, 0.05) is 6.07 Å². The van der Waals surface area contributed by atoms with Crippen LogP contribution >= 0.6 is 0 Å². The van der Waals surface area contributed by atoms with E-state index in [0.29, 0.717) is 5.56 Å². The molecule has 0 aliphatic heterocycles. The molecular formula is C10H8N2O3. The van der Waals surface area contributed by atoms with Crippen LogP contribution in [0.15, 0.2) is 23.8 Å². The number of hydrogen-bond donors (Lipinski definition) is 3. The van der Waals surface area contributed by atoms with E-state index in [0.717, 1.165) is 6.07 Å². The molecule has 5 nitrogen and oxygen atoms in total. The van der Waals surface area contributed by atoms with Crippen LogP contribution in [0.5, 0.6) is 11.5 Å². The van der Waals surface area contributed by atoms with Crippen LogP contribution in [-0.2, 0) is 4.79 Å². The van der Waals surface area contributed by atoms with Crippen molar-refractivity contribution in [3.05, 3.63) is 29.3 Å². The van der Waals surface area contributed by atoms with Gasteiger partial charge in [0.2, 0.25) is 0 Å². The highest BCUT2D eigenvalue weighted by molar-refractivity contribution is 6.00. The van der Waals surface area contributed by atoms with Crippen LogP contribution in [0.2, 0.25) is 0 Å². The number of primary amides is 1. The fourth-order valence-corrected chi connectivity index (χ4v) is 1.03. The number of benzene rings is 1. The van der Waals surface area contributed by atoms with Gasteiger partial charge in [0.05, 0.1) is 0 Å². The van der Waals surface area contributed by atoms with E-state index in [1.165, 1.54) is 18.2 Å². The van der Waals surface area contributed by atoms with Crippen LogP contribution in [0.3, 0.4) is 0 Å². The molecule has 0 saturated carbocycles. The van der Waals surface area contributed by atoms with Gasteiger partial charge in [-0.3, -0.25) is 4.79 Å². The fourth-order valence-electron chi connectivity index (χ4n) is 1.03. The van der Waals surface area contributed by atoms with E-state index < -0.39 is 5.91 Å². The summed E-state index contributed by atoms with van der Waals surface area (Å²) in [7, 11) is 0. The number of carbonyl (C=O) groups excluding carboxylic acids is 1. The number of hydrogen-bond acceptors (Lipinski definition) is 4. The summed E-state index contributed by atoms with van der Waals surface area (Å²) in [6.45, 7) is 0. The Kier molecular flexibility index (Phi) is 2.94. The summed E-state index contributed by atoms with van der Waals surface area (Å²) in [6, 6.07) is 5.33. The summed E-state index contributed by atoms with van der Waals surface area (Å²) in [5, 5.41) is 26.8. The lowest BCUT2D eigenvalue weighted by Crippen LogP contribution is -2.12. The van der Waals surface area contributed by atoms with Crippen molar-refractivity contribution in [2.45, 2.75) is 0 Å². The Bertz CT molecular complexity index is 452. The van der Waals surface area contributed by atoms with Gasteiger partial charge >= 0.3 is 0 Å². The zero-order chi connectivity index (χ0) is 11.4. The first kappa shape index (κ1) is 10.6. The van der Waals surface area contributed by atoms with E-state index in [1.807, 2.05) is 0 Å². The molecule has 1 amide bonds. The van der Waals surface area contributed by atoms with Crippen LogP contribution in [0.4, 0.5) is 0 Å². The van der Waals surface area contributed by atoms with E-state index in [-0.39, 0.29) is 17.1 Å². The Hall–Kier alpha value is -2.48. The summed E-state index contributed by atoms with van der Waals surface area (Å²) in [4.78, 5) is 10.7. The molecule has 0 radical (unpaired) electrons. The molecule has 1 aromatic rings. The fraction of sp³-hybridized carbons (Fsp3) is 0. The molecule has 0 aliphatic rings. The zero-order valence-corrected chi connectivity index (χ0v) is 7.64. The van der Waals surface area contributed by atoms with Gasteiger partial charge in [-0.15, -0.1) is 0 Å². The van der Waals surface area contributed by atoms with Gasteiger partial charge in [0.1, 0.15) is 23.1 Å². The summed E-state index contributed by atoms with van der Waals surface area (Å²) < 4.78 is 0. The highest BCUT2D eigenvalue weighted by Crippen LogP contribution is 2.21. The number of rotatable bonds is 2. The Morgan fingerprint density at radius 2 is 1.87 bits per heavy atom. The molecule has 5 heteroatoms. The first-order chi connectivity index (χ1) is 7.02. The molecular weight excluding hydrogens is 196 g/mol. The van der Waals surface area contributed by atoms with E-state index in [1.54, 1.807) is 6.07 Å². The lowest BCUT2D eigenvalue weighted by molar-refractivity contribution is -0.114. The lowest BCUT2D eigenvalue weighted by Gasteiger charge is -1.98. The number of nitrogens with zero attached hydrogens (tertiary/aromatic N) is 1. The van der Waals surface area contributed by atoms with Gasteiger partial charge in [-0.1, -0.05) is 0 Å². The lowest BCUT2D eigenvalue weighted by atomic mass is 10.1. The molecule has 0 unspecified atom stereocenters. The first-order valence-electron chi connectivity index (χ1n) is 3.97. The molecule has 1 rings (SSSR count). The highest BCUT2D eigenvalue weighted by atomic mass is 16.3. The molecule has 0 saturated heterocycles. The molecule has 15 heavy (non-hydrogen) atoms. The Morgan fingerprint density at radius 1 is 1.33 bits per heavy atom. The molecule has 0 aromatic heterocycles. The summed E-state index contributed by atoms with van der Waals surface area (Å²) >= 11 is 0. The van der Waals surface area contributed by atoms with Crippen LogP contribution in [0.1, 0.15) is 5.56 Å². The Labute approximate surface area is 85.7 Å². The third-order valence-electron chi connectivity index (χ3n) is 1.62. The number of phenolic OH excluding ortho intramolecular Hbond substituents is 2. The van der Waals surface area contributed by atoms with E-state index in [4.69, 9.17) is 21.2 Å². The van der Waals surface area contributed by atoms with Gasteiger partial charge < -0.3 is 15.9 Å². The molecule has 0 fully saturated rings. The second-order valence-corrected chi connectivity index (χ2v) is 2.82. The van der Waals surface area contributed by atoms with Crippen LogP contribution in [0.25, 0.3) is 6.08 Å². The number of nitrogens with two attached hydrogens (primary N) is 1. The Morgan fingerprint density at radius 3 is 2.27 bits per heavy atom. The van der Waals surface area contributed by atoms with Gasteiger partial charge in [-0.05, 0) is 23.8 Å². The SMILES string of the molecule is N#C/C(=C\c1cc(O)cc(O)c1)C(N)=O. The maximum atomic E-state index is 10.7. The van der Waals surface area contributed by atoms with Gasteiger partial charge in [-0.25, -0.2) is 0 Å². The number of amides is 1. The topological polar surface area (TPSA) is 107 Å². The number of phenols is 2. The maximum absolute atomic E-state index is 10.7. The van der Waals surface area contributed by atoms with Crippen LogP contribution in [-0.4, -0.2) is 16.1 Å². The third-order valence-corrected chi connectivity index (χ3v) is 1.62. The van der Waals surface area contributed by atoms with Crippen molar-refractivity contribution in [3.8, 4) is 17.6 Å². The van der Waals surface area contributed by atoms with Gasteiger partial charge in [0.25, 0.3) is 5.91 Å². The van der Waals surface area contributed by atoms with Crippen LogP contribution in [0, 0.1) is 11.3 Å². The Balaban J connectivity index is 3.18. The summed E-state index contributed by atoms with van der Waals surface area (Å²) in [6.07, 6.45) is 1.18. The molecule has 0 heterocycles. The quantitative estimate of drug-likeness (QED) is 0.481. The third kappa shape index (κ3) is 2.74. The van der Waals surface area contributed by atoms with E-state index in [2.05, 4.69) is 0 Å². The largest absolute Gasteiger partial charge is 0.508 e. The number of aromatic hydroxyl groups is 2. The first-order valence-corrected chi connectivity index (χ1v) is 3.97. The molecule has 0 aliphatic carbocycles. The second-order valence-electron chi connectivity index (χ2n) is 2.82. The smallest absolute Gasteiger partial charge is 0.259 e. The van der Waals surface area contributed by atoms with Crippen molar-refractivity contribution in [1.29, 1.82) is 5.26 Å². The van der Waals surface area contributed by atoms with Crippen molar-refractivity contribution in [2.75, 3.05) is 0 Å². The average molecular weight is 204 g/mol. The maximum Gasteiger partial charge on any atom is 0.259 e. The van der Waals surface area contributed by atoms with Crippen molar-refractivity contribution >= 4 is 12.0 Å². The molecule has 0 atom stereocenters. The van der Waals surface area contributed by atoms with E-state index in [9.17, 15) is 4.79 Å². The normalized spacial score (nSPS) is 10.7. The summed E-state index contributed by atoms with van der Waals surface area (Å²) in [5.74, 6) is -1.19. The predicted octanol–water partition coefficient (Wildman–Crippen LogP) is 0.490. The number of carbonyl (C=O) groups is 1. The second kappa shape index (κ2) is 4.15. The highest BCUT2D eigenvalue weighted by Gasteiger charge is 2.04. The van der Waals surface area contributed by atoms with Crippen molar-refractivity contribution < 1.29 is 15.0 Å². The predicted molar refractivity (Wildman–Crippen MR) is 52.6 cm³/mol. The van der Waals surface area contributed by atoms with Gasteiger partial charge in [0.15, 0.2) is 0 Å². The molecule has 76 valence electrons. The monoisotopic (exact) mass is 204 g/mol. The number of nitriles is 1. The van der Waals surface area contributed by atoms with Crippen LogP contribution < -0.4 is 5.73 Å². The molecule has 0 bridgehead atoms. The molecule has 0 spiro atoms. The molecule has 1 aromatic carbocycles. The van der Waals surface area contributed by atoms with Crippen molar-refractivity contribution in [1.82, 2.24) is 0 Å². The van der Waals surface area contributed by atoms with Gasteiger partial charge in [-0.2, -0.15) is 5.26 Å². The zero-order valence-electron chi connectivity index (χ0n) is 7.64. The average Bonchev–Trinajstić information content (AvgIpc) is 2.12. The minimum Gasteiger partial charge on any atom is -0.508 e.